The molecule has 23 heavy (non-hydrogen) atoms. The molecule has 0 spiro atoms. The van der Waals surface area contributed by atoms with Gasteiger partial charge in [0.2, 0.25) is 0 Å². The van der Waals surface area contributed by atoms with Crippen molar-refractivity contribution in [3.05, 3.63) is 0 Å². The molecule has 1 N–H and O–H groups in total. The van der Waals surface area contributed by atoms with Gasteiger partial charge >= 0.3 is 12.0 Å². The molecule has 0 radical (unpaired) electrons. The van der Waals surface area contributed by atoms with Gasteiger partial charge in [-0.25, -0.2) is 9.79 Å². The summed E-state index contributed by atoms with van der Waals surface area (Å²) in [6.07, 6.45) is 0.265. The Morgan fingerprint density at radius 1 is 1.43 bits per heavy atom. The monoisotopic (exact) mass is 342 g/mol. The third-order valence-electron chi connectivity index (χ3n) is 3.69. The van der Waals surface area contributed by atoms with E-state index in [1.54, 1.807) is 20.9 Å². The van der Waals surface area contributed by atoms with E-state index in [1.165, 1.54) is 16.7 Å². The fourth-order valence-electron chi connectivity index (χ4n) is 2.54. The zero-order chi connectivity index (χ0) is 17.1. The van der Waals surface area contributed by atoms with Crippen LogP contribution in [0.2, 0.25) is 0 Å². The summed E-state index contributed by atoms with van der Waals surface area (Å²) >= 11 is 1.26. The zero-order valence-electron chi connectivity index (χ0n) is 13.7. The van der Waals surface area contributed by atoms with E-state index < -0.39 is 23.5 Å². The maximum Gasteiger partial charge on any atom is 0.325 e. The molecule has 2 heterocycles. The second-order valence-electron chi connectivity index (χ2n) is 5.38. The van der Waals surface area contributed by atoms with Gasteiger partial charge < -0.3 is 14.5 Å². The van der Waals surface area contributed by atoms with Crippen molar-refractivity contribution in [3.8, 4) is 0 Å². The van der Waals surface area contributed by atoms with E-state index in [-0.39, 0.29) is 11.9 Å². The molecule has 9 heteroatoms. The van der Waals surface area contributed by atoms with Crippen LogP contribution in [0.15, 0.2) is 4.99 Å². The molecule has 2 aliphatic heterocycles. The molecular weight excluding hydrogens is 320 g/mol. The predicted octanol–water partition coefficient (Wildman–Crippen LogP) is 0.629. The number of thioether (sulfide) groups is 1. The van der Waals surface area contributed by atoms with Gasteiger partial charge in [-0.1, -0.05) is 18.7 Å². The summed E-state index contributed by atoms with van der Waals surface area (Å²) in [6.45, 7) is 6.44. The Hall–Kier alpha value is -1.77. The number of amidine groups is 1. The number of hydrogen-bond acceptors (Lipinski definition) is 7. The average molecular weight is 342 g/mol. The Morgan fingerprint density at radius 2 is 2.13 bits per heavy atom. The number of imide groups is 1. The second-order valence-corrected chi connectivity index (χ2v) is 6.69. The maximum atomic E-state index is 12.2. The number of rotatable bonds is 5. The van der Waals surface area contributed by atoms with Gasteiger partial charge in [0.05, 0.1) is 6.61 Å². The van der Waals surface area contributed by atoms with Crippen LogP contribution in [0.1, 0.15) is 27.2 Å². The minimum atomic E-state index is -0.556. The van der Waals surface area contributed by atoms with E-state index >= 15 is 0 Å². The number of hydrogen-bond donors (Lipinski definition) is 1. The molecule has 0 aliphatic carbocycles. The molecule has 2 aliphatic rings. The molecule has 3 atom stereocenters. The van der Waals surface area contributed by atoms with Crippen molar-refractivity contribution >= 4 is 34.8 Å². The van der Waals surface area contributed by atoms with Gasteiger partial charge in [-0.3, -0.25) is 14.9 Å². The van der Waals surface area contributed by atoms with Gasteiger partial charge in [-0.05, 0) is 20.3 Å². The molecule has 0 bridgehead atoms. The summed E-state index contributed by atoms with van der Waals surface area (Å²) in [5.41, 5.74) is 0. The number of nitrogens with zero attached hydrogens (tertiary/aromatic N) is 3. The summed E-state index contributed by atoms with van der Waals surface area (Å²) in [6, 6.07) is -1.00. The molecule has 1 saturated heterocycles. The zero-order valence-corrected chi connectivity index (χ0v) is 14.6. The number of aliphatic imine (C=N–C) groups is 1. The van der Waals surface area contributed by atoms with E-state index in [2.05, 4.69) is 10.3 Å². The third-order valence-corrected chi connectivity index (χ3v) is 4.78. The molecule has 128 valence electrons. The van der Waals surface area contributed by atoms with Gasteiger partial charge in [0, 0.05) is 13.6 Å². The first-order chi connectivity index (χ1) is 10.9. The SMILES string of the molecule is CCCN1C(SC(C)C(=O)OCC)=NC2C1C(=O)NC(=O)N2C. The van der Waals surface area contributed by atoms with Crippen LogP contribution >= 0.6 is 11.8 Å². The number of carbonyl (C=O) groups excluding carboxylic acids is 3. The van der Waals surface area contributed by atoms with Gasteiger partial charge in [-0.15, -0.1) is 0 Å². The molecule has 3 unspecified atom stereocenters. The predicted molar refractivity (Wildman–Crippen MR) is 87.0 cm³/mol. The Kier molecular flexibility index (Phi) is 5.51. The van der Waals surface area contributed by atoms with Crippen LogP contribution < -0.4 is 5.32 Å². The third kappa shape index (κ3) is 3.44. The molecule has 0 aromatic heterocycles. The smallest absolute Gasteiger partial charge is 0.325 e. The van der Waals surface area contributed by atoms with Crippen molar-refractivity contribution in [1.82, 2.24) is 15.1 Å². The van der Waals surface area contributed by atoms with Crippen molar-refractivity contribution in [1.29, 1.82) is 0 Å². The second kappa shape index (κ2) is 7.20. The molecule has 1 fully saturated rings. The number of esters is 1. The Labute approximate surface area is 139 Å². The van der Waals surface area contributed by atoms with Crippen LogP contribution in [-0.2, 0) is 14.3 Å². The lowest BCUT2D eigenvalue weighted by Gasteiger charge is -2.36. The lowest BCUT2D eigenvalue weighted by molar-refractivity contribution is -0.142. The standard InChI is InChI=1S/C14H22N4O4S/c1-5-7-18-9-10(17(4)13(21)16-11(9)19)15-14(18)23-8(3)12(20)22-6-2/h8-10H,5-7H2,1-4H3,(H,16,19,21). The van der Waals surface area contributed by atoms with E-state index in [4.69, 9.17) is 4.74 Å². The van der Waals surface area contributed by atoms with Crippen molar-refractivity contribution in [2.45, 2.75) is 44.6 Å². The highest BCUT2D eigenvalue weighted by atomic mass is 32.2. The largest absolute Gasteiger partial charge is 0.465 e. The van der Waals surface area contributed by atoms with Crippen LogP contribution in [0.4, 0.5) is 4.79 Å². The number of amides is 3. The highest BCUT2D eigenvalue weighted by Crippen LogP contribution is 2.30. The van der Waals surface area contributed by atoms with Crippen LogP contribution in [0, 0.1) is 0 Å². The van der Waals surface area contributed by atoms with E-state index in [1.807, 2.05) is 11.8 Å². The average Bonchev–Trinajstić information content (AvgIpc) is 2.85. The van der Waals surface area contributed by atoms with Gasteiger partial charge in [0.1, 0.15) is 5.25 Å². The van der Waals surface area contributed by atoms with Crippen molar-refractivity contribution in [2.75, 3.05) is 20.2 Å². The van der Waals surface area contributed by atoms with Crippen molar-refractivity contribution in [3.63, 3.8) is 0 Å². The lowest BCUT2D eigenvalue weighted by atomic mass is 10.1. The minimum absolute atomic E-state index is 0.319. The first-order valence-corrected chi connectivity index (χ1v) is 8.54. The van der Waals surface area contributed by atoms with Crippen LogP contribution in [0.3, 0.4) is 0 Å². The molecule has 3 amide bonds. The van der Waals surface area contributed by atoms with Gasteiger partial charge in [0.15, 0.2) is 17.4 Å². The van der Waals surface area contributed by atoms with E-state index in [9.17, 15) is 14.4 Å². The quantitative estimate of drug-likeness (QED) is 0.737. The summed E-state index contributed by atoms with van der Waals surface area (Å²) in [5.74, 6) is -0.671. The Balaban J connectivity index is 2.21. The summed E-state index contributed by atoms with van der Waals surface area (Å²) in [7, 11) is 1.61. The van der Waals surface area contributed by atoms with E-state index in [0.717, 1.165) is 6.42 Å². The highest BCUT2D eigenvalue weighted by Gasteiger charge is 2.48. The summed E-state index contributed by atoms with van der Waals surface area (Å²) in [4.78, 5) is 43.6. The molecule has 8 nitrogen and oxygen atoms in total. The fourth-order valence-corrected chi connectivity index (χ4v) is 3.53. The number of carbonyl (C=O) groups is 3. The van der Waals surface area contributed by atoms with Crippen molar-refractivity contribution < 1.29 is 19.1 Å². The first-order valence-electron chi connectivity index (χ1n) is 7.66. The van der Waals surface area contributed by atoms with Crippen molar-refractivity contribution in [2.24, 2.45) is 4.99 Å². The highest BCUT2D eigenvalue weighted by molar-refractivity contribution is 8.14. The number of urea groups is 1. The normalized spacial score (nSPS) is 25.0. The summed E-state index contributed by atoms with van der Waals surface area (Å²) in [5, 5.41) is 2.50. The first kappa shape index (κ1) is 17.6. The Bertz CT molecular complexity index is 539. The topological polar surface area (TPSA) is 91.3 Å². The Morgan fingerprint density at radius 3 is 2.74 bits per heavy atom. The molecule has 2 rings (SSSR count). The van der Waals surface area contributed by atoms with Crippen LogP contribution in [0.5, 0.6) is 0 Å². The minimum Gasteiger partial charge on any atom is -0.465 e. The molecule has 0 aromatic carbocycles. The molecular formula is C14H22N4O4S. The van der Waals surface area contributed by atoms with Gasteiger partial charge in [0.25, 0.3) is 5.91 Å². The molecule has 0 saturated carbocycles. The van der Waals surface area contributed by atoms with Gasteiger partial charge in [-0.2, -0.15) is 0 Å². The number of nitrogens with one attached hydrogen (secondary N) is 1. The van der Waals surface area contributed by atoms with E-state index in [0.29, 0.717) is 18.3 Å². The number of likely N-dealkylation sites (N-methyl/N-ethyl adjacent to an activating group) is 1. The fraction of sp³-hybridized carbons (Fsp3) is 0.714. The molecule has 0 aromatic rings. The van der Waals surface area contributed by atoms with Crippen LogP contribution in [-0.4, -0.2) is 70.5 Å². The van der Waals surface area contributed by atoms with Crippen LogP contribution in [0.25, 0.3) is 0 Å². The lowest BCUT2D eigenvalue weighted by Crippen LogP contribution is -2.63. The summed E-state index contributed by atoms with van der Waals surface area (Å²) < 4.78 is 5.01. The maximum absolute atomic E-state index is 12.2. The number of ether oxygens (including phenoxy) is 1. The number of fused-ring (bicyclic) bond motifs is 1.